The van der Waals surface area contributed by atoms with E-state index >= 15 is 0 Å². The van der Waals surface area contributed by atoms with Crippen LogP contribution in [0.4, 0.5) is 0 Å². The predicted octanol–water partition coefficient (Wildman–Crippen LogP) is 4.29. The fourth-order valence-electron chi connectivity index (χ4n) is 2.35. The maximum Gasteiger partial charge on any atom is 0.168 e. The Kier molecular flexibility index (Phi) is 3.66. The molecule has 20 heavy (non-hydrogen) atoms. The Balaban J connectivity index is 2.40. The minimum atomic E-state index is -1.11. The number of hydrogen-bond acceptors (Lipinski definition) is 2. The third kappa shape index (κ3) is 2.29. The van der Waals surface area contributed by atoms with Gasteiger partial charge in [-0.25, -0.2) is 0 Å². The van der Waals surface area contributed by atoms with Gasteiger partial charge < -0.3 is 4.55 Å². The van der Waals surface area contributed by atoms with E-state index in [-0.39, 0.29) is 0 Å². The van der Waals surface area contributed by atoms with E-state index in [0.29, 0.717) is 5.02 Å². The maximum absolute atomic E-state index is 12.2. The fourth-order valence-corrected chi connectivity index (χ4v) is 3.60. The molecule has 0 radical (unpaired) electrons. The van der Waals surface area contributed by atoms with Crippen molar-refractivity contribution in [3.8, 4) is 11.1 Å². The Labute approximate surface area is 125 Å². The van der Waals surface area contributed by atoms with Crippen LogP contribution >= 0.6 is 11.6 Å². The molecule has 1 aromatic heterocycles. The number of nitrogens with zero attached hydrogens (tertiary/aromatic N) is 1. The Morgan fingerprint density at radius 3 is 2.50 bits per heavy atom. The number of halogens is 1. The first kappa shape index (κ1) is 13.4. The summed E-state index contributed by atoms with van der Waals surface area (Å²) in [4.78, 5) is 4.93. The van der Waals surface area contributed by atoms with E-state index in [9.17, 15) is 4.55 Å². The summed E-state index contributed by atoms with van der Waals surface area (Å²) < 4.78 is 12.2. The van der Waals surface area contributed by atoms with Crippen LogP contribution in [0.15, 0.2) is 59.8 Å². The quantitative estimate of drug-likeness (QED) is 0.662. The zero-order chi connectivity index (χ0) is 14.1. The van der Waals surface area contributed by atoms with Crippen LogP contribution in [0.2, 0.25) is 5.02 Å². The Hall–Kier alpha value is -1.55. The Morgan fingerprint density at radius 1 is 1.10 bits per heavy atom. The van der Waals surface area contributed by atoms with Gasteiger partial charge in [0.1, 0.15) is 6.26 Å². The first-order chi connectivity index (χ1) is 9.68. The molecule has 3 rings (SSSR count). The number of benzene rings is 2. The smallest absolute Gasteiger partial charge is 0.168 e. The fraction of sp³-hybridized carbons (Fsp3) is 0.0625. The largest absolute Gasteiger partial charge is 0.612 e. The van der Waals surface area contributed by atoms with Gasteiger partial charge in [-0.05, 0) is 29.4 Å². The van der Waals surface area contributed by atoms with Gasteiger partial charge in [-0.1, -0.05) is 35.9 Å². The number of pyridine rings is 1. The van der Waals surface area contributed by atoms with E-state index in [1.165, 1.54) is 0 Å². The van der Waals surface area contributed by atoms with Crippen molar-refractivity contribution in [2.24, 2.45) is 0 Å². The molecule has 0 N–H and O–H groups in total. The lowest BCUT2D eigenvalue weighted by molar-refractivity contribution is 0.602. The Bertz CT molecular complexity index is 759. The highest BCUT2D eigenvalue weighted by molar-refractivity contribution is 7.91. The predicted molar refractivity (Wildman–Crippen MR) is 84.5 cm³/mol. The number of fused-ring (bicyclic) bond motifs is 1. The van der Waals surface area contributed by atoms with Crippen LogP contribution in [0.5, 0.6) is 0 Å². The summed E-state index contributed by atoms with van der Waals surface area (Å²) in [7, 11) is 0. The average molecular weight is 302 g/mol. The summed E-state index contributed by atoms with van der Waals surface area (Å²) in [5.41, 5.74) is 1.80. The second kappa shape index (κ2) is 5.44. The van der Waals surface area contributed by atoms with Gasteiger partial charge in [0.25, 0.3) is 0 Å². The van der Waals surface area contributed by atoms with E-state index in [1.807, 2.05) is 42.5 Å². The average Bonchev–Trinajstić information content (AvgIpc) is 2.47. The molecule has 4 heteroatoms. The van der Waals surface area contributed by atoms with Gasteiger partial charge in [0.15, 0.2) is 4.90 Å². The highest BCUT2D eigenvalue weighted by Gasteiger charge is 2.19. The van der Waals surface area contributed by atoms with E-state index in [1.54, 1.807) is 18.6 Å². The molecule has 0 bridgehead atoms. The van der Waals surface area contributed by atoms with Gasteiger partial charge in [-0.3, -0.25) is 4.98 Å². The van der Waals surface area contributed by atoms with Crippen LogP contribution in [0.1, 0.15) is 0 Å². The molecule has 1 atom stereocenters. The summed E-state index contributed by atoms with van der Waals surface area (Å²) in [6.07, 6.45) is 5.17. The molecule has 0 saturated carbocycles. The van der Waals surface area contributed by atoms with Crippen molar-refractivity contribution in [2.45, 2.75) is 4.90 Å². The molecule has 0 aliphatic heterocycles. The molecule has 1 unspecified atom stereocenters. The van der Waals surface area contributed by atoms with Crippen molar-refractivity contribution in [3.63, 3.8) is 0 Å². The monoisotopic (exact) mass is 301 g/mol. The second-order valence-electron chi connectivity index (χ2n) is 4.48. The van der Waals surface area contributed by atoms with Gasteiger partial charge >= 0.3 is 0 Å². The van der Waals surface area contributed by atoms with E-state index in [4.69, 9.17) is 11.6 Å². The minimum absolute atomic E-state index is 0.661. The van der Waals surface area contributed by atoms with Crippen LogP contribution in [0.3, 0.4) is 0 Å². The van der Waals surface area contributed by atoms with Crippen LogP contribution < -0.4 is 0 Å². The molecule has 0 fully saturated rings. The molecule has 3 aromatic rings. The molecular weight excluding hydrogens is 290 g/mol. The highest BCUT2D eigenvalue weighted by atomic mass is 35.5. The highest BCUT2D eigenvalue weighted by Crippen LogP contribution is 2.37. The summed E-state index contributed by atoms with van der Waals surface area (Å²) in [6, 6.07) is 13.4. The molecule has 100 valence electrons. The SMILES string of the molecule is C[S+]([O-])c1c(-c2cccnc2)cc(Cl)c2ccccc12. The third-order valence-electron chi connectivity index (χ3n) is 3.20. The van der Waals surface area contributed by atoms with Crippen LogP contribution in [0.25, 0.3) is 21.9 Å². The summed E-state index contributed by atoms with van der Waals surface area (Å²) in [5, 5.41) is 2.51. The van der Waals surface area contributed by atoms with E-state index in [0.717, 1.165) is 26.8 Å². The maximum atomic E-state index is 12.2. The zero-order valence-electron chi connectivity index (χ0n) is 10.8. The minimum Gasteiger partial charge on any atom is -0.612 e. The summed E-state index contributed by atoms with van der Waals surface area (Å²) in [5.74, 6) is 0. The van der Waals surface area contributed by atoms with Crippen LogP contribution in [-0.4, -0.2) is 15.8 Å². The van der Waals surface area contributed by atoms with Gasteiger partial charge in [0, 0.05) is 39.3 Å². The molecule has 0 aliphatic carbocycles. The molecule has 2 aromatic carbocycles. The van der Waals surface area contributed by atoms with Crippen molar-refractivity contribution in [1.82, 2.24) is 4.98 Å². The standard InChI is InChI=1S/C16H12ClNOS/c1-20(19)16-13-7-3-2-6-12(13)15(17)9-14(16)11-5-4-8-18-10-11/h2-10H,1H3. The van der Waals surface area contributed by atoms with Crippen molar-refractivity contribution in [3.05, 3.63) is 59.9 Å². The molecule has 2 nitrogen and oxygen atoms in total. The second-order valence-corrected chi connectivity index (χ2v) is 6.20. The molecule has 0 saturated heterocycles. The van der Waals surface area contributed by atoms with Gasteiger partial charge in [0.2, 0.25) is 0 Å². The Morgan fingerprint density at radius 2 is 1.85 bits per heavy atom. The van der Waals surface area contributed by atoms with Gasteiger partial charge in [-0.15, -0.1) is 0 Å². The van der Waals surface area contributed by atoms with Crippen molar-refractivity contribution in [1.29, 1.82) is 0 Å². The van der Waals surface area contributed by atoms with Gasteiger partial charge in [0.05, 0.1) is 0 Å². The zero-order valence-corrected chi connectivity index (χ0v) is 12.4. The lowest BCUT2D eigenvalue weighted by Gasteiger charge is -2.14. The number of aromatic nitrogens is 1. The summed E-state index contributed by atoms with van der Waals surface area (Å²) in [6.45, 7) is 0. The van der Waals surface area contributed by atoms with Crippen LogP contribution in [-0.2, 0) is 11.2 Å². The summed E-state index contributed by atoms with van der Waals surface area (Å²) >= 11 is 5.26. The molecule has 0 spiro atoms. The van der Waals surface area contributed by atoms with Crippen LogP contribution in [0, 0.1) is 0 Å². The lowest BCUT2D eigenvalue weighted by atomic mass is 10.0. The van der Waals surface area contributed by atoms with E-state index in [2.05, 4.69) is 4.98 Å². The molecular formula is C16H12ClNOS. The normalized spacial score (nSPS) is 12.6. The third-order valence-corrected chi connectivity index (χ3v) is 4.53. The number of hydrogen-bond donors (Lipinski definition) is 0. The lowest BCUT2D eigenvalue weighted by Crippen LogP contribution is -2.02. The van der Waals surface area contributed by atoms with Gasteiger partial charge in [-0.2, -0.15) is 0 Å². The van der Waals surface area contributed by atoms with Crippen molar-refractivity contribution in [2.75, 3.05) is 6.26 Å². The number of rotatable bonds is 2. The first-order valence-corrected chi connectivity index (χ1v) is 8.07. The van der Waals surface area contributed by atoms with Crippen molar-refractivity contribution >= 4 is 33.5 Å². The topological polar surface area (TPSA) is 36.0 Å². The molecule has 0 aliphatic rings. The molecule has 1 heterocycles. The van der Waals surface area contributed by atoms with E-state index < -0.39 is 11.2 Å². The molecule has 0 amide bonds. The van der Waals surface area contributed by atoms with Crippen molar-refractivity contribution < 1.29 is 4.55 Å². The first-order valence-electron chi connectivity index (χ1n) is 6.13.